The summed E-state index contributed by atoms with van der Waals surface area (Å²) in [6.45, 7) is 4.00. The molecule has 0 aromatic heterocycles. The van der Waals surface area contributed by atoms with Crippen LogP contribution in [-0.2, 0) is 26.2 Å². The van der Waals surface area contributed by atoms with Gasteiger partial charge in [-0.25, -0.2) is 0 Å². The van der Waals surface area contributed by atoms with Crippen molar-refractivity contribution in [1.29, 1.82) is 0 Å². The molecule has 16 heavy (non-hydrogen) atoms. The van der Waals surface area contributed by atoms with Gasteiger partial charge in [0, 0.05) is 26.2 Å². The molecule has 0 saturated heterocycles. The van der Waals surface area contributed by atoms with Crippen molar-refractivity contribution in [3.8, 4) is 0 Å². The molecule has 0 unspecified atom stereocenters. The second-order valence-corrected chi connectivity index (χ2v) is 3.81. The van der Waals surface area contributed by atoms with Gasteiger partial charge in [0.05, 0.1) is 0 Å². The van der Waals surface area contributed by atoms with Gasteiger partial charge in [0.25, 0.3) is 0 Å². The fourth-order valence-corrected chi connectivity index (χ4v) is 1.44. The first-order valence-electron chi connectivity index (χ1n) is 6.12. The van der Waals surface area contributed by atoms with E-state index in [0.717, 1.165) is 0 Å². The molecule has 0 aromatic carbocycles. The molecule has 0 bridgehead atoms. The Hall–Kier alpha value is 0.913. The number of allylic oxidation sites excluding steroid dienone is 2. The van der Waals surface area contributed by atoms with E-state index >= 15 is 0 Å². The molecule has 0 nitrogen and oxygen atoms in total. The van der Waals surface area contributed by atoms with Gasteiger partial charge in [0.1, 0.15) is 0 Å². The Labute approximate surface area is 128 Å². The van der Waals surface area contributed by atoms with Crippen LogP contribution in [0.25, 0.3) is 0 Å². The molecule has 0 spiro atoms. The summed E-state index contributed by atoms with van der Waals surface area (Å²) in [5.74, 6) is 0. The first kappa shape index (κ1) is 22.1. The maximum atomic E-state index is 2.36. The van der Waals surface area contributed by atoms with Crippen molar-refractivity contribution < 1.29 is 38.6 Å². The molecular formula is C14H26ClZr-. The Morgan fingerprint density at radius 1 is 0.688 bits per heavy atom. The zero-order chi connectivity index (χ0) is 10.5. The fraction of sp³-hybridized carbons (Fsp3) is 0.714. The standard InChI is InChI=1S/2C5H9.C4H8.ClH.Zr/c2*1-2-4-5-3-1;1-3-4-2;;/h2*1H,2-5H2;3-4H,1-2H3;1H;/p-1/b;;4-3+;;. The fourth-order valence-electron chi connectivity index (χ4n) is 1.44. The van der Waals surface area contributed by atoms with Crippen LogP contribution in [0.5, 0.6) is 0 Å². The zero-order valence-corrected chi connectivity index (χ0v) is 14.1. The minimum atomic E-state index is 0. The Morgan fingerprint density at radius 3 is 1.00 bits per heavy atom. The van der Waals surface area contributed by atoms with Crippen LogP contribution in [0.1, 0.15) is 65.2 Å². The molecule has 0 atom stereocenters. The molecule has 2 aliphatic rings. The minimum absolute atomic E-state index is 0. The van der Waals surface area contributed by atoms with Crippen molar-refractivity contribution >= 4 is 0 Å². The van der Waals surface area contributed by atoms with Crippen LogP contribution in [0.4, 0.5) is 0 Å². The van der Waals surface area contributed by atoms with Crippen molar-refractivity contribution in [2.75, 3.05) is 0 Å². The minimum Gasteiger partial charge on any atom is -1.00 e. The summed E-state index contributed by atoms with van der Waals surface area (Å²) in [4.78, 5) is 0. The van der Waals surface area contributed by atoms with Crippen LogP contribution in [0.2, 0.25) is 0 Å². The van der Waals surface area contributed by atoms with E-state index in [1.807, 2.05) is 26.0 Å². The summed E-state index contributed by atoms with van der Waals surface area (Å²) in [5, 5.41) is 0. The molecule has 94 valence electrons. The average Bonchev–Trinajstić information content (AvgIpc) is 2.94. The SMILES string of the molecule is C/C=C/C.[CH]1CCCC1.[CH]1CCCC1.[Cl-].[Zr]. The summed E-state index contributed by atoms with van der Waals surface area (Å²) in [6, 6.07) is 0. The number of rotatable bonds is 0. The van der Waals surface area contributed by atoms with Crippen LogP contribution in [0, 0.1) is 12.8 Å². The Morgan fingerprint density at radius 2 is 0.938 bits per heavy atom. The number of halogens is 1. The van der Waals surface area contributed by atoms with E-state index in [2.05, 4.69) is 12.8 Å². The first-order valence-corrected chi connectivity index (χ1v) is 6.12. The van der Waals surface area contributed by atoms with E-state index in [4.69, 9.17) is 0 Å². The molecule has 0 aromatic rings. The molecule has 2 aliphatic carbocycles. The van der Waals surface area contributed by atoms with Crippen molar-refractivity contribution in [2.24, 2.45) is 0 Å². The summed E-state index contributed by atoms with van der Waals surface area (Å²) in [6.07, 6.45) is 20.0. The molecule has 2 rings (SSSR count). The van der Waals surface area contributed by atoms with E-state index < -0.39 is 0 Å². The van der Waals surface area contributed by atoms with E-state index in [0.29, 0.717) is 0 Å². The smallest absolute Gasteiger partial charge is 0 e. The normalized spacial score (nSPS) is 17.4. The topological polar surface area (TPSA) is 0 Å². The summed E-state index contributed by atoms with van der Waals surface area (Å²) < 4.78 is 0. The quantitative estimate of drug-likeness (QED) is 0.600. The van der Waals surface area contributed by atoms with Gasteiger partial charge in [-0.1, -0.05) is 63.5 Å². The molecule has 0 heterocycles. The third kappa shape index (κ3) is 20.3. The molecular weight excluding hydrogens is 295 g/mol. The third-order valence-electron chi connectivity index (χ3n) is 2.47. The van der Waals surface area contributed by atoms with E-state index in [1.54, 1.807) is 0 Å². The van der Waals surface area contributed by atoms with Crippen molar-refractivity contribution in [2.45, 2.75) is 65.2 Å². The van der Waals surface area contributed by atoms with Crippen LogP contribution in [0.15, 0.2) is 12.2 Å². The number of hydrogen-bond acceptors (Lipinski definition) is 0. The maximum Gasteiger partial charge on any atom is 0 e. The molecule has 0 amide bonds. The van der Waals surface area contributed by atoms with E-state index in [9.17, 15) is 0 Å². The third-order valence-corrected chi connectivity index (χ3v) is 2.47. The van der Waals surface area contributed by atoms with Crippen LogP contribution in [-0.4, -0.2) is 0 Å². The van der Waals surface area contributed by atoms with Gasteiger partial charge in [-0.3, -0.25) is 0 Å². The molecule has 0 N–H and O–H groups in total. The van der Waals surface area contributed by atoms with Crippen molar-refractivity contribution in [3.63, 3.8) is 0 Å². The predicted octanol–water partition coefficient (Wildman–Crippen LogP) is 2.11. The van der Waals surface area contributed by atoms with Gasteiger partial charge in [-0.15, -0.1) is 0 Å². The summed E-state index contributed by atoms with van der Waals surface area (Å²) in [5.41, 5.74) is 0. The molecule has 2 radical (unpaired) electrons. The molecule has 0 aliphatic heterocycles. The first-order chi connectivity index (χ1) is 6.91. The Bertz CT molecular complexity index is 86.7. The van der Waals surface area contributed by atoms with Crippen LogP contribution in [0.3, 0.4) is 0 Å². The Balaban J connectivity index is -0.000000151. The summed E-state index contributed by atoms with van der Waals surface area (Å²) >= 11 is 0. The molecule has 2 fully saturated rings. The van der Waals surface area contributed by atoms with Gasteiger partial charge >= 0.3 is 0 Å². The average molecular weight is 321 g/mol. The van der Waals surface area contributed by atoms with Crippen LogP contribution >= 0.6 is 0 Å². The van der Waals surface area contributed by atoms with Crippen LogP contribution < -0.4 is 12.4 Å². The monoisotopic (exact) mass is 319 g/mol. The van der Waals surface area contributed by atoms with Gasteiger partial charge < -0.3 is 12.4 Å². The van der Waals surface area contributed by atoms with Gasteiger partial charge in [0.15, 0.2) is 0 Å². The number of hydrogen-bond donors (Lipinski definition) is 0. The van der Waals surface area contributed by atoms with Gasteiger partial charge in [-0.05, 0) is 26.7 Å². The van der Waals surface area contributed by atoms with Gasteiger partial charge in [-0.2, -0.15) is 0 Å². The van der Waals surface area contributed by atoms with Gasteiger partial charge in [0.2, 0.25) is 0 Å². The molecule has 2 heteroatoms. The largest absolute Gasteiger partial charge is 1.00 e. The maximum absolute atomic E-state index is 2.36. The van der Waals surface area contributed by atoms with Crippen molar-refractivity contribution in [3.05, 3.63) is 25.0 Å². The summed E-state index contributed by atoms with van der Waals surface area (Å²) in [7, 11) is 0. The Kier molecular flexibility index (Phi) is 29.3. The van der Waals surface area contributed by atoms with Crippen molar-refractivity contribution in [1.82, 2.24) is 0 Å². The second kappa shape index (κ2) is 21.2. The molecule has 2 saturated carbocycles. The second-order valence-electron chi connectivity index (χ2n) is 3.81. The zero-order valence-electron chi connectivity index (χ0n) is 10.8. The van der Waals surface area contributed by atoms with E-state index in [-0.39, 0.29) is 38.6 Å². The van der Waals surface area contributed by atoms with E-state index in [1.165, 1.54) is 51.4 Å². The predicted molar refractivity (Wildman–Crippen MR) is 66.0 cm³/mol.